The molecule has 4 heterocycles. The molecule has 0 aliphatic carbocycles. The second-order valence-electron chi connectivity index (χ2n) is 18.9. The number of hydrogen-bond donors (Lipinski definition) is 0. The number of amides is 3. The molecule has 0 saturated heterocycles. The smallest absolute Gasteiger partial charge is 0.275 e. The zero-order valence-electron chi connectivity index (χ0n) is 41.9. The fraction of sp³-hybridized carbons (Fsp3) is 0.268. The minimum absolute atomic E-state index is 0.145. The van der Waals surface area contributed by atoms with E-state index in [9.17, 15) is 31.9 Å². The molecule has 0 atom stereocenters. The molecule has 2 aromatic carbocycles. The van der Waals surface area contributed by atoms with Gasteiger partial charge in [0.2, 0.25) is 0 Å². The van der Waals surface area contributed by atoms with Crippen molar-refractivity contribution in [2.75, 3.05) is 21.1 Å². The molecule has 0 aliphatic heterocycles. The summed E-state index contributed by atoms with van der Waals surface area (Å²) in [4.78, 5) is 57.4. The highest BCUT2D eigenvalue weighted by Crippen LogP contribution is 2.22. The second kappa shape index (κ2) is 24.5. The van der Waals surface area contributed by atoms with Gasteiger partial charge in [-0.1, -0.05) is 76.9 Å². The van der Waals surface area contributed by atoms with Gasteiger partial charge in [-0.05, 0) is 117 Å². The predicted octanol–water partition coefficient (Wildman–Crippen LogP) is 11.3. The van der Waals surface area contributed by atoms with Crippen LogP contribution < -0.4 is 0 Å². The molecule has 0 unspecified atom stereocenters. The average molecular weight is 1020 g/mol. The van der Waals surface area contributed by atoms with E-state index in [4.69, 9.17) is 23.2 Å². The van der Waals surface area contributed by atoms with Crippen LogP contribution >= 0.6 is 23.2 Å². The molecule has 4 aromatic heterocycles. The van der Waals surface area contributed by atoms with Crippen LogP contribution in [0.3, 0.4) is 0 Å². The van der Waals surface area contributed by atoms with Crippen molar-refractivity contribution < 1.29 is 31.9 Å². The molecule has 0 saturated carbocycles. The fourth-order valence-corrected chi connectivity index (χ4v) is 5.83. The highest BCUT2D eigenvalue weighted by atomic mass is 35.5. The zero-order chi connectivity index (χ0) is 53.7. The lowest BCUT2D eigenvalue weighted by molar-refractivity contribution is 0.0635. The summed E-state index contributed by atoms with van der Waals surface area (Å²) >= 11 is 12.1. The third-order valence-corrected chi connectivity index (χ3v) is 11.0. The number of nitrogens with zero attached hydrogens (tertiary/aromatic N) is 7. The van der Waals surface area contributed by atoms with Gasteiger partial charge in [-0.25, -0.2) is 32.5 Å². The number of aromatic nitrogens is 4. The Balaban J connectivity index is 0.000000235. The van der Waals surface area contributed by atoms with Crippen LogP contribution in [0.4, 0.5) is 17.6 Å². The van der Waals surface area contributed by atoms with Crippen LogP contribution in [0.25, 0.3) is 0 Å². The average Bonchev–Trinajstić information content (AvgIpc) is 3.31. The number of carbonyl (C=O) groups is 3. The maximum Gasteiger partial charge on any atom is 0.275 e. The van der Waals surface area contributed by atoms with E-state index in [0.717, 1.165) is 29.8 Å². The van der Waals surface area contributed by atoms with Crippen LogP contribution in [0.15, 0.2) is 104 Å². The van der Waals surface area contributed by atoms with Crippen molar-refractivity contribution in [3.05, 3.63) is 188 Å². The molecule has 0 fully saturated rings. The zero-order valence-corrected chi connectivity index (χ0v) is 43.4. The molecule has 0 radical (unpaired) electrons. The lowest BCUT2D eigenvalue weighted by atomic mass is 10.1. The molecular weight excluding hydrogens is 966 g/mol. The summed E-state index contributed by atoms with van der Waals surface area (Å²) in [5, 5.41) is 0.781. The van der Waals surface area contributed by atoms with Crippen LogP contribution in [0.1, 0.15) is 127 Å². The molecule has 0 bridgehead atoms. The van der Waals surface area contributed by atoms with Crippen LogP contribution in [0.5, 0.6) is 0 Å². The Kier molecular flexibility index (Phi) is 19.4. The largest absolute Gasteiger partial charge is 0.335 e. The Morgan fingerprint density at radius 2 is 0.861 bits per heavy atom. The number of halogens is 6. The predicted molar refractivity (Wildman–Crippen MR) is 273 cm³/mol. The van der Waals surface area contributed by atoms with Gasteiger partial charge in [-0.3, -0.25) is 19.4 Å². The van der Waals surface area contributed by atoms with Gasteiger partial charge in [0, 0.05) is 96.6 Å². The quantitative estimate of drug-likeness (QED) is 0.128. The van der Waals surface area contributed by atoms with E-state index in [2.05, 4.69) is 55.5 Å². The van der Waals surface area contributed by atoms with Crippen molar-refractivity contribution >= 4 is 40.9 Å². The van der Waals surface area contributed by atoms with Crippen molar-refractivity contribution in [1.29, 1.82) is 0 Å². The lowest BCUT2D eigenvalue weighted by Crippen LogP contribution is -2.43. The highest BCUT2D eigenvalue weighted by molar-refractivity contribution is 6.33. The van der Waals surface area contributed by atoms with Gasteiger partial charge in [-0.15, -0.1) is 0 Å². The summed E-state index contributed by atoms with van der Waals surface area (Å²) in [7, 11) is 4.91. The number of pyridine rings is 4. The van der Waals surface area contributed by atoms with Crippen molar-refractivity contribution in [3.8, 4) is 35.5 Å². The summed E-state index contributed by atoms with van der Waals surface area (Å²) in [5.41, 5.74) is 1.05. The van der Waals surface area contributed by atoms with Gasteiger partial charge in [0.05, 0.1) is 15.6 Å². The second-order valence-corrected chi connectivity index (χ2v) is 19.7. The molecule has 0 N–H and O–H groups in total. The highest BCUT2D eigenvalue weighted by Gasteiger charge is 2.29. The number of benzene rings is 2. The van der Waals surface area contributed by atoms with Gasteiger partial charge in [-0.2, -0.15) is 0 Å². The lowest BCUT2D eigenvalue weighted by Gasteiger charge is -2.31. The van der Waals surface area contributed by atoms with Crippen LogP contribution in [0.2, 0.25) is 10.0 Å². The Morgan fingerprint density at radius 3 is 1.29 bits per heavy atom. The van der Waals surface area contributed by atoms with Crippen LogP contribution in [-0.4, -0.2) is 90.1 Å². The van der Waals surface area contributed by atoms with Crippen molar-refractivity contribution in [2.24, 2.45) is 0 Å². The first-order valence-corrected chi connectivity index (χ1v) is 22.8. The van der Waals surface area contributed by atoms with Crippen LogP contribution in [-0.2, 0) is 0 Å². The maximum atomic E-state index is 14.2. The Bertz CT molecular complexity index is 3150. The number of carbonyl (C=O) groups excluding carboxylic acids is 3. The van der Waals surface area contributed by atoms with Crippen molar-refractivity contribution in [1.82, 2.24) is 34.6 Å². The molecule has 72 heavy (non-hydrogen) atoms. The molecule has 372 valence electrons. The van der Waals surface area contributed by atoms with Gasteiger partial charge in [0.15, 0.2) is 23.0 Å². The molecule has 10 nitrogen and oxygen atoms in total. The Morgan fingerprint density at radius 1 is 0.458 bits per heavy atom. The molecule has 3 amide bonds. The molecule has 6 aromatic rings. The molecule has 0 spiro atoms. The third-order valence-electron chi connectivity index (χ3n) is 10.5. The van der Waals surface area contributed by atoms with Crippen LogP contribution in [0, 0.1) is 58.8 Å². The van der Waals surface area contributed by atoms with E-state index in [0.29, 0.717) is 26.7 Å². The fourth-order valence-electron chi connectivity index (χ4n) is 5.40. The maximum absolute atomic E-state index is 14.2. The first-order chi connectivity index (χ1) is 33.6. The van der Waals surface area contributed by atoms with Gasteiger partial charge in [0.25, 0.3) is 17.7 Å². The minimum atomic E-state index is -0.826. The Hall–Kier alpha value is -7.57. The third kappa shape index (κ3) is 16.5. The van der Waals surface area contributed by atoms with E-state index in [1.165, 1.54) is 34.5 Å². The van der Waals surface area contributed by atoms with E-state index in [-0.39, 0.29) is 39.7 Å². The molecular formula is C56H53Cl2F4N7O3. The van der Waals surface area contributed by atoms with Crippen molar-refractivity contribution in [2.45, 2.75) is 78.9 Å². The molecule has 16 heteroatoms. The molecule has 0 aliphatic rings. The van der Waals surface area contributed by atoms with Crippen molar-refractivity contribution in [3.63, 3.8) is 0 Å². The topological polar surface area (TPSA) is 112 Å². The van der Waals surface area contributed by atoms with Gasteiger partial charge >= 0.3 is 0 Å². The summed E-state index contributed by atoms with van der Waals surface area (Å²) in [6.07, 6.45) is 7.22. The minimum Gasteiger partial charge on any atom is -0.335 e. The van der Waals surface area contributed by atoms with E-state index >= 15 is 0 Å². The number of rotatable bonds is 3. The van der Waals surface area contributed by atoms with E-state index in [1.807, 2.05) is 92.6 Å². The summed E-state index contributed by atoms with van der Waals surface area (Å²) in [6, 6.07) is 18.1. The monoisotopic (exact) mass is 1020 g/mol. The standard InChI is InChI=1S/C19H19ClN2O.C19H17F3N2O.C18H17ClFN3O/c1-19(2,3)22(4)18(23)17-16(20)12-15(13-21-17)11-10-14-8-6-5-7-9-14;1-19(2,3)24(4)18(25)17-16(22)9-12(11-23-17)5-6-13-10-14(20)7-8-15(13)21;1-18(2,3)23(4)17(24)16-15(20)8-13(10-22-16)6-5-12-7-14(19)11-21-9-12/h5-9,12-13H,1-4H3;7-11H,1-4H3;7-11H,1-4H3. The summed E-state index contributed by atoms with van der Waals surface area (Å²) < 4.78 is 55.0. The summed E-state index contributed by atoms with van der Waals surface area (Å²) in [6.45, 7) is 16.9. The SMILES string of the molecule is CN(C(=O)c1ncc(C#Cc2cc(F)ccc2F)cc1F)C(C)(C)C.CN(C(=O)c1ncc(C#Cc2ccccc2)cc1Cl)C(C)(C)C.CN(C(=O)c1ncc(C#Cc2cncc(Cl)c2)cc1F)C(C)(C)C. The Labute approximate surface area is 428 Å². The molecule has 6 rings (SSSR count). The van der Waals surface area contributed by atoms with Gasteiger partial charge in [0.1, 0.15) is 17.3 Å². The number of hydrogen-bond acceptors (Lipinski definition) is 7. The van der Waals surface area contributed by atoms with E-state index in [1.54, 1.807) is 50.6 Å². The first-order valence-electron chi connectivity index (χ1n) is 22.0. The van der Waals surface area contributed by atoms with Gasteiger partial charge < -0.3 is 14.7 Å². The van der Waals surface area contributed by atoms with E-state index < -0.39 is 46.2 Å². The first kappa shape index (κ1) is 57.0. The summed E-state index contributed by atoms with van der Waals surface area (Å²) in [5.74, 6) is 12.5. The normalized spacial score (nSPS) is 10.8.